The van der Waals surface area contributed by atoms with Crippen LogP contribution in [0, 0.1) is 11.8 Å². The number of nitrogen functional groups attached to an aromatic ring is 1. The predicted octanol–water partition coefficient (Wildman–Crippen LogP) is 0.909. The highest BCUT2D eigenvalue weighted by atomic mass is 16.5. The number of aromatic nitrogens is 1. The van der Waals surface area contributed by atoms with Crippen LogP contribution in [0.3, 0.4) is 0 Å². The Kier molecular flexibility index (Phi) is 3.17. The lowest BCUT2D eigenvalue weighted by molar-refractivity contribution is -0.145. The average molecular weight is 235 g/mol. The fourth-order valence-electron chi connectivity index (χ4n) is 2.27. The molecule has 92 valence electrons. The third-order valence-electron chi connectivity index (χ3n) is 3.25. The van der Waals surface area contributed by atoms with Crippen LogP contribution in [-0.4, -0.2) is 31.2 Å². The van der Waals surface area contributed by atoms with Gasteiger partial charge in [-0.25, -0.2) is 4.98 Å². The Balaban J connectivity index is 2.13. The van der Waals surface area contributed by atoms with Crippen LogP contribution in [0.4, 0.5) is 11.5 Å². The number of carbonyl (C=O) groups excluding carboxylic acids is 1. The maximum Gasteiger partial charge on any atom is 0.310 e. The Morgan fingerprint density at radius 2 is 2.35 bits per heavy atom. The topological polar surface area (TPSA) is 68.5 Å². The standard InChI is InChI=1S/C12H17N3O2/c1-8-6-15(7-10(8)12(16)17-2)9-3-4-14-11(13)5-9/h3-5,8,10H,6-7H2,1-2H3,(H2,13,14). The highest BCUT2D eigenvalue weighted by molar-refractivity contribution is 5.74. The zero-order valence-electron chi connectivity index (χ0n) is 10.1. The molecular weight excluding hydrogens is 218 g/mol. The number of hydrogen-bond donors (Lipinski definition) is 1. The van der Waals surface area contributed by atoms with Gasteiger partial charge < -0.3 is 15.4 Å². The summed E-state index contributed by atoms with van der Waals surface area (Å²) < 4.78 is 4.81. The first kappa shape index (κ1) is 11.7. The van der Waals surface area contributed by atoms with E-state index >= 15 is 0 Å². The second-order valence-corrected chi connectivity index (χ2v) is 4.45. The van der Waals surface area contributed by atoms with Gasteiger partial charge in [-0.05, 0) is 12.0 Å². The van der Waals surface area contributed by atoms with Crippen LogP contribution in [0.15, 0.2) is 18.3 Å². The minimum Gasteiger partial charge on any atom is -0.469 e. The van der Waals surface area contributed by atoms with Crippen LogP contribution < -0.4 is 10.6 Å². The Bertz CT molecular complexity index is 422. The van der Waals surface area contributed by atoms with Crippen LogP contribution in [-0.2, 0) is 9.53 Å². The van der Waals surface area contributed by atoms with E-state index in [1.54, 1.807) is 6.20 Å². The molecule has 5 nitrogen and oxygen atoms in total. The molecule has 1 aromatic rings. The minimum atomic E-state index is -0.137. The SMILES string of the molecule is COC(=O)C1CN(c2ccnc(N)c2)CC1C. The zero-order valence-corrected chi connectivity index (χ0v) is 10.1. The van der Waals surface area contributed by atoms with Gasteiger partial charge in [-0.15, -0.1) is 0 Å². The molecule has 2 N–H and O–H groups in total. The highest BCUT2D eigenvalue weighted by Gasteiger charge is 2.35. The summed E-state index contributed by atoms with van der Waals surface area (Å²) in [5, 5.41) is 0. The van der Waals surface area contributed by atoms with Gasteiger partial charge in [-0.3, -0.25) is 4.79 Å². The Morgan fingerprint density at radius 3 is 3.00 bits per heavy atom. The largest absolute Gasteiger partial charge is 0.469 e. The third-order valence-corrected chi connectivity index (χ3v) is 3.25. The second kappa shape index (κ2) is 4.61. The summed E-state index contributed by atoms with van der Waals surface area (Å²) in [5.41, 5.74) is 6.66. The van der Waals surface area contributed by atoms with Crippen LogP contribution in [0.1, 0.15) is 6.92 Å². The lowest BCUT2D eigenvalue weighted by atomic mass is 9.99. The normalized spacial score (nSPS) is 23.8. The van der Waals surface area contributed by atoms with Crippen molar-refractivity contribution in [3.63, 3.8) is 0 Å². The van der Waals surface area contributed by atoms with E-state index in [1.807, 2.05) is 12.1 Å². The molecule has 0 radical (unpaired) electrons. The number of anilines is 2. The number of ether oxygens (including phenoxy) is 1. The number of nitrogens with zero attached hydrogens (tertiary/aromatic N) is 2. The molecule has 2 atom stereocenters. The molecule has 0 spiro atoms. The number of pyridine rings is 1. The summed E-state index contributed by atoms with van der Waals surface area (Å²) in [6.07, 6.45) is 1.68. The first-order valence-corrected chi connectivity index (χ1v) is 5.66. The summed E-state index contributed by atoms with van der Waals surface area (Å²) >= 11 is 0. The first-order valence-electron chi connectivity index (χ1n) is 5.66. The van der Waals surface area contributed by atoms with E-state index < -0.39 is 0 Å². The molecule has 0 aliphatic carbocycles. The predicted molar refractivity (Wildman–Crippen MR) is 65.5 cm³/mol. The summed E-state index contributed by atoms with van der Waals surface area (Å²) in [4.78, 5) is 17.7. The van der Waals surface area contributed by atoms with Crippen LogP contribution in [0.25, 0.3) is 0 Å². The van der Waals surface area contributed by atoms with Gasteiger partial charge in [0.05, 0.1) is 13.0 Å². The number of hydrogen-bond acceptors (Lipinski definition) is 5. The molecule has 1 aromatic heterocycles. The third kappa shape index (κ3) is 2.33. The van der Waals surface area contributed by atoms with Gasteiger partial charge >= 0.3 is 5.97 Å². The maximum atomic E-state index is 11.6. The van der Waals surface area contributed by atoms with Gasteiger partial charge in [0.1, 0.15) is 5.82 Å². The highest BCUT2D eigenvalue weighted by Crippen LogP contribution is 2.29. The lowest BCUT2D eigenvalue weighted by Crippen LogP contribution is -2.24. The van der Waals surface area contributed by atoms with E-state index in [9.17, 15) is 4.79 Å². The quantitative estimate of drug-likeness (QED) is 0.772. The summed E-state index contributed by atoms with van der Waals surface area (Å²) in [7, 11) is 1.43. The van der Waals surface area contributed by atoms with E-state index in [-0.39, 0.29) is 17.8 Å². The molecule has 5 heteroatoms. The Labute approximate surface area is 101 Å². The molecule has 1 saturated heterocycles. The molecule has 2 unspecified atom stereocenters. The van der Waals surface area contributed by atoms with E-state index in [0.29, 0.717) is 12.4 Å². The Hall–Kier alpha value is -1.78. The first-order chi connectivity index (χ1) is 8.11. The monoisotopic (exact) mass is 235 g/mol. The zero-order chi connectivity index (χ0) is 12.4. The van der Waals surface area contributed by atoms with E-state index in [4.69, 9.17) is 10.5 Å². The summed E-state index contributed by atoms with van der Waals surface area (Å²) in [5.74, 6) is 0.588. The summed E-state index contributed by atoms with van der Waals surface area (Å²) in [6, 6.07) is 3.73. The van der Waals surface area contributed by atoms with Crippen molar-refractivity contribution in [3.8, 4) is 0 Å². The van der Waals surface area contributed by atoms with Crippen LogP contribution >= 0.6 is 0 Å². The van der Waals surface area contributed by atoms with Gasteiger partial charge in [0.2, 0.25) is 0 Å². The van der Waals surface area contributed by atoms with E-state index in [1.165, 1.54) is 7.11 Å². The molecule has 2 rings (SSSR count). The fraction of sp³-hybridized carbons (Fsp3) is 0.500. The minimum absolute atomic E-state index is 0.0608. The van der Waals surface area contributed by atoms with Gasteiger partial charge in [0.25, 0.3) is 0 Å². The number of carbonyl (C=O) groups is 1. The van der Waals surface area contributed by atoms with Crippen molar-refractivity contribution in [2.24, 2.45) is 11.8 Å². The van der Waals surface area contributed by atoms with Crippen molar-refractivity contribution < 1.29 is 9.53 Å². The average Bonchev–Trinajstić information content (AvgIpc) is 2.70. The number of methoxy groups -OCH3 is 1. The molecule has 0 amide bonds. The molecule has 1 aliphatic heterocycles. The second-order valence-electron chi connectivity index (χ2n) is 4.45. The maximum absolute atomic E-state index is 11.6. The lowest BCUT2D eigenvalue weighted by Gasteiger charge is -2.18. The van der Waals surface area contributed by atoms with Crippen LogP contribution in [0.2, 0.25) is 0 Å². The van der Waals surface area contributed by atoms with E-state index in [2.05, 4.69) is 16.8 Å². The van der Waals surface area contributed by atoms with Crippen LogP contribution in [0.5, 0.6) is 0 Å². The Morgan fingerprint density at radius 1 is 1.59 bits per heavy atom. The van der Waals surface area contributed by atoms with Crippen molar-refractivity contribution >= 4 is 17.5 Å². The number of nitrogens with two attached hydrogens (primary N) is 1. The van der Waals surface area contributed by atoms with Gasteiger partial charge in [-0.2, -0.15) is 0 Å². The van der Waals surface area contributed by atoms with Crippen molar-refractivity contribution in [2.75, 3.05) is 30.8 Å². The fourth-order valence-corrected chi connectivity index (χ4v) is 2.27. The molecular formula is C12H17N3O2. The van der Waals surface area contributed by atoms with Gasteiger partial charge in [0, 0.05) is 31.0 Å². The number of esters is 1. The van der Waals surface area contributed by atoms with Gasteiger partial charge in [-0.1, -0.05) is 6.92 Å². The molecule has 1 fully saturated rings. The molecule has 2 heterocycles. The van der Waals surface area contributed by atoms with Crippen molar-refractivity contribution in [1.29, 1.82) is 0 Å². The number of rotatable bonds is 2. The molecule has 1 aliphatic rings. The van der Waals surface area contributed by atoms with Crippen molar-refractivity contribution in [2.45, 2.75) is 6.92 Å². The van der Waals surface area contributed by atoms with Crippen molar-refractivity contribution in [1.82, 2.24) is 4.98 Å². The molecule has 0 saturated carbocycles. The molecule has 17 heavy (non-hydrogen) atoms. The molecule has 0 bridgehead atoms. The smallest absolute Gasteiger partial charge is 0.310 e. The van der Waals surface area contributed by atoms with E-state index in [0.717, 1.165) is 12.2 Å². The van der Waals surface area contributed by atoms with Crippen molar-refractivity contribution in [3.05, 3.63) is 18.3 Å². The van der Waals surface area contributed by atoms with Gasteiger partial charge in [0.15, 0.2) is 0 Å². The molecule has 0 aromatic carbocycles. The summed E-state index contributed by atoms with van der Waals surface area (Å²) in [6.45, 7) is 3.58.